The Morgan fingerprint density at radius 2 is 1.89 bits per heavy atom. The molecule has 0 radical (unpaired) electrons. The topological polar surface area (TPSA) is 87.0 Å². The van der Waals surface area contributed by atoms with Gasteiger partial charge in [0.05, 0.1) is 21.9 Å². The molecule has 0 unspecified atom stereocenters. The number of benzene rings is 1. The Labute approximate surface area is 161 Å². The number of phenols is 2. The molecule has 0 bridgehead atoms. The van der Waals surface area contributed by atoms with Gasteiger partial charge in [-0.15, -0.1) is 0 Å². The van der Waals surface area contributed by atoms with E-state index in [1.54, 1.807) is 0 Å². The summed E-state index contributed by atoms with van der Waals surface area (Å²) in [7, 11) is -3.65. The van der Waals surface area contributed by atoms with Crippen LogP contribution in [0.25, 0.3) is 0 Å². The van der Waals surface area contributed by atoms with Crippen molar-refractivity contribution in [3.8, 4) is 11.5 Å². The summed E-state index contributed by atoms with van der Waals surface area (Å²) in [4.78, 5) is 5.15. The zero-order chi connectivity index (χ0) is 19.7. The van der Waals surface area contributed by atoms with E-state index < -0.39 is 21.1 Å². The third-order valence-electron chi connectivity index (χ3n) is 5.72. The highest BCUT2D eigenvalue weighted by atomic mass is 32.2. The molecule has 1 aliphatic heterocycles. The second-order valence-electron chi connectivity index (χ2n) is 7.71. The fraction of sp³-hybridized carbons (Fsp3) is 0.571. The molecule has 148 valence electrons. The van der Waals surface area contributed by atoms with E-state index in [1.807, 2.05) is 6.92 Å². The van der Waals surface area contributed by atoms with Crippen molar-refractivity contribution in [2.45, 2.75) is 75.6 Å². The predicted octanol–water partition coefficient (Wildman–Crippen LogP) is 4.51. The molecule has 1 aromatic carbocycles. The van der Waals surface area contributed by atoms with E-state index >= 15 is 0 Å². The molecule has 27 heavy (non-hydrogen) atoms. The van der Waals surface area contributed by atoms with Crippen LogP contribution in [0.5, 0.6) is 11.5 Å². The molecule has 1 aliphatic carbocycles. The minimum absolute atomic E-state index is 0.0650. The summed E-state index contributed by atoms with van der Waals surface area (Å²) in [6.07, 6.45) is 9.35. The van der Waals surface area contributed by atoms with Crippen molar-refractivity contribution in [3.63, 3.8) is 0 Å². The van der Waals surface area contributed by atoms with Gasteiger partial charge in [-0.2, -0.15) is 0 Å². The lowest BCUT2D eigenvalue weighted by atomic mass is 9.88. The molecule has 0 amide bonds. The Morgan fingerprint density at radius 3 is 2.52 bits per heavy atom. The second kappa shape index (κ2) is 7.66. The Bertz CT molecular complexity index is 886. The van der Waals surface area contributed by atoms with Gasteiger partial charge in [-0.05, 0) is 50.2 Å². The molecule has 1 heterocycles. The first-order chi connectivity index (χ1) is 12.8. The number of aliphatic imine (C=N–C) groups is 1. The van der Waals surface area contributed by atoms with Crippen LogP contribution in [0.3, 0.4) is 0 Å². The third kappa shape index (κ3) is 3.91. The molecule has 5 nitrogen and oxygen atoms in total. The molecular weight excluding hydrogens is 362 g/mol. The van der Waals surface area contributed by atoms with Gasteiger partial charge in [0.25, 0.3) is 0 Å². The number of fused-ring (bicyclic) bond motifs is 1. The van der Waals surface area contributed by atoms with E-state index in [0.717, 1.165) is 44.1 Å². The number of nitrogens with zero attached hydrogens (tertiary/aromatic N) is 1. The highest BCUT2D eigenvalue weighted by Gasteiger charge is 2.40. The Kier molecular flexibility index (Phi) is 5.65. The van der Waals surface area contributed by atoms with Gasteiger partial charge in [-0.3, -0.25) is 4.99 Å². The SMILES string of the molecule is CCCC[C@]1(CC)CS(=O)(=O)c2cc(O)c(O)cc2C(C2=CCCCC2)=N1. The van der Waals surface area contributed by atoms with Crippen LogP contribution in [-0.4, -0.2) is 35.6 Å². The van der Waals surface area contributed by atoms with Crippen LogP contribution in [0, 0.1) is 0 Å². The molecule has 0 aromatic heterocycles. The normalized spacial score (nSPS) is 24.5. The number of rotatable bonds is 5. The van der Waals surface area contributed by atoms with Crippen molar-refractivity contribution < 1.29 is 18.6 Å². The van der Waals surface area contributed by atoms with Crippen molar-refractivity contribution >= 4 is 15.5 Å². The van der Waals surface area contributed by atoms with Gasteiger partial charge in [-0.25, -0.2) is 8.42 Å². The lowest BCUT2D eigenvalue weighted by Crippen LogP contribution is -2.34. The van der Waals surface area contributed by atoms with Crippen LogP contribution in [0.4, 0.5) is 0 Å². The van der Waals surface area contributed by atoms with Gasteiger partial charge in [0, 0.05) is 11.6 Å². The third-order valence-corrected chi connectivity index (χ3v) is 7.65. The zero-order valence-corrected chi connectivity index (χ0v) is 17.0. The molecule has 1 atom stereocenters. The molecule has 0 saturated carbocycles. The number of unbranched alkanes of at least 4 members (excludes halogenated alkanes) is 1. The monoisotopic (exact) mass is 391 g/mol. The smallest absolute Gasteiger partial charge is 0.181 e. The largest absolute Gasteiger partial charge is 0.504 e. The first kappa shape index (κ1) is 19.9. The number of phenolic OH excluding ortho intramolecular Hbond substituents is 2. The summed E-state index contributed by atoms with van der Waals surface area (Å²) in [5.41, 5.74) is 1.48. The van der Waals surface area contributed by atoms with Crippen molar-refractivity contribution in [2.75, 3.05) is 5.75 Å². The minimum atomic E-state index is -3.65. The first-order valence-corrected chi connectivity index (χ1v) is 11.6. The summed E-state index contributed by atoms with van der Waals surface area (Å²) >= 11 is 0. The highest BCUT2D eigenvalue weighted by Crippen LogP contribution is 2.40. The molecule has 6 heteroatoms. The van der Waals surface area contributed by atoms with Gasteiger partial charge >= 0.3 is 0 Å². The summed E-state index contributed by atoms with van der Waals surface area (Å²) in [5, 5.41) is 20.0. The van der Waals surface area contributed by atoms with Crippen LogP contribution in [0.2, 0.25) is 0 Å². The predicted molar refractivity (Wildman–Crippen MR) is 107 cm³/mol. The van der Waals surface area contributed by atoms with Crippen molar-refractivity contribution in [3.05, 3.63) is 29.3 Å². The van der Waals surface area contributed by atoms with Crippen LogP contribution >= 0.6 is 0 Å². The van der Waals surface area contributed by atoms with Crippen molar-refractivity contribution in [2.24, 2.45) is 4.99 Å². The van der Waals surface area contributed by atoms with Gasteiger partial charge < -0.3 is 10.2 Å². The Hall–Kier alpha value is -1.82. The summed E-state index contributed by atoms with van der Waals surface area (Å²) < 4.78 is 26.5. The van der Waals surface area contributed by atoms with E-state index in [-0.39, 0.29) is 16.4 Å². The van der Waals surface area contributed by atoms with E-state index in [2.05, 4.69) is 13.0 Å². The lowest BCUT2D eigenvalue weighted by molar-refractivity contribution is 0.402. The number of allylic oxidation sites excluding steroid dienone is 2. The molecule has 1 aromatic rings. The first-order valence-electron chi connectivity index (χ1n) is 9.90. The van der Waals surface area contributed by atoms with E-state index in [0.29, 0.717) is 24.1 Å². The summed E-state index contributed by atoms with van der Waals surface area (Å²) in [6.45, 7) is 4.08. The average molecular weight is 392 g/mol. The van der Waals surface area contributed by atoms with Crippen LogP contribution in [0.1, 0.15) is 70.8 Å². The maximum Gasteiger partial charge on any atom is 0.181 e. The Morgan fingerprint density at radius 1 is 1.15 bits per heavy atom. The maximum absolute atomic E-state index is 13.2. The zero-order valence-electron chi connectivity index (χ0n) is 16.2. The molecule has 0 fully saturated rings. The number of sulfone groups is 1. The van der Waals surface area contributed by atoms with Crippen molar-refractivity contribution in [1.29, 1.82) is 0 Å². The quantitative estimate of drug-likeness (QED) is 0.723. The average Bonchev–Trinajstić information content (AvgIpc) is 2.75. The maximum atomic E-state index is 13.2. The number of hydrogen-bond acceptors (Lipinski definition) is 5. The van der Waals surface area contributed by atoms with E-state index in [4.69, 9.17) is 4.99 Å². The van der Waals surface area contributed by atoms with E-state index in [1.165, 1.54) is 12.1 Å². The molecule has 0 saturated heterocycles. The summed E-state index contributed by atoms with van der Waals surface area (Å²) in [6, 6.07) is 2.55. The van der Waals surface area contributed by atoms with Gasteiger partial charge in [0.2, 0.25) is 0 Å². The lowest BCUT2D eigenvalue weighted by Gasteiger charge is -2.28. The fourth-order valence-corrected chi connectivity index (χ4v) is 6.11. The van der Waals surface area contributed by atoms with Crippen molar-refractivity contribution in [1.82, 2.24) is 0 Å². The minimum Gasteiger partial charge on any atom is -0.504 e. The van der Waals surface area contributed by atoms with E-state index in [9.17, 15) is 18.6 Å². The fourth-order valence-electron chi connectivity index (χ4n) is 4.05. The highest BCUT2D eigenvalue weighted by molar-refractivity contribution is 7.91. The number of aromatic hydroxyl groups is 2. The van der Waals surface area contributed by atoms with Gasteiger partial charge in [0.15, 0.2) is 21.3 Å². The van der Waals surface area contributed by atoms with Gasteiger partial charge in [-0.1, -0.05) is 32.8 Å². The standard InChI is InChI=1S/C21H29NO4S/c1-3-5-11-21(4-2)14-27(25,26)19-13-18(24)17(23)12-16(19)20(22-21)15-9-7-6-8-10-15/h9,12-13,23-24H,3-8,10-11,14H2,1-2H3/t21-/m1/s1. The molecular formula is C21H29NO4S. The molecule has 3 rings (SSSR count). The van der Waals surface area contributed by atoms with Crippen LogP contribution in [-0.2, 0) is 9.84 Å². The Balaban J connectivity index is 2.28. The second-order valence-corrected chi connectivity index (χ2v) is 9.67. The van der Waals surface area contributed by atoms with Crippen LogP contribution < -0.4 is 0 Å². The molecule has 2 aliphatic rings. The molecule has 0 spiro atoms. The van der Waals surface area contributed by atoms with Crippen LogP contribution in [0.15, 0.2) is 33.7 Å². The number of hydrogen-bond donors (Lipinski definition) is 2. The molecule has 2 N–H and O–H groups in total. The summed E-state index contributed by atoms with van der Waals surface area (Å²) in [5.74, 6) is -0.790. The van der Waals surface area contributed by atoms with Gasteiger partial charge in [0.1, 0.15) is 0 Å².